The van der Waals surface area contributed by atoms with Crippen LogP contribution in [0.1, 0.15) is 20.7 Å². The molecule has 8 heteroatoms. The first-order valence-corrected chi connectivity index (χ1v) is 11.8. The second-order valence-corrected chi connectivity index (χ2v) is 8.77. The van der Waals surface area contributed by atoms with E-state index < -0.39 is 5.97 Å². The summed E-state index contributed by atoms with van der Waals surface area (Å²) in [6.45, 7) is 3.54. The van der Waals surface area contributed by atoms with E-state index in [9.17, 15) is 9.59 Å². The molecule has 3 aromatic carbocycles. The number of amides is 1. The Labute approximate surface area is 210 Å². The molecule has 1 saturated heterocycles. The summed E-state index contributed by atoms with van der Waals surface area (Å²) < 4.78 is 4.87. The van der Waals surface area contributed by atoms with Gasteiger partial charge in [-0.1, -0.05) is 42.5 Å². The molecular formula is C27H28N4O3S. The fraction of sp³-hybridized carbons (Fsp3) is 0.222. The Morgan fingerprint density at radius 2 is 1.49 bits per heavy atom. The van der Waals surface area contributed by atoms with Crippen molar-refractivity contribution in [2.24, 2.45) is 0 Å². The Morgan fingerprint density at radius 1 is 0.857 bits per heavy atom. The van der Waals surface area contributed by atoms with Crippen LogP contribution >= 0.6 is 12.2 Å². The number of esters is 1. The van der Waals surface area contributed by atoms with Crippen molar-refractivity contribution in [3.05, 3.63) is 83.9 Å². The van der Waals surface area contributed by atoms with Crippen molar-refractivity contribution in [1.82, 2.24) is 10.2 Å². The first-order chi connectivity index (χ1) is 16.9. The van der Waals surface area contributed by atoms with Crippen LogP contribution in [0, 0.1) is 0 Å². The zero-order valence-corrected chi connectivity index (χ0v) is 20.6. The molecule has 0 radical (unpaired) electrons. The summed E-state index contributed by atoms with van der Waals surface area (Å²) in [5.74, 6) is -0.751. The summed E-state index contributed by atoms with van der Waals surface area (Å²) in [5, 5.41) is 6.01. The zero-order chi connectivity index (χ0) is 24.8. The number of carbonyl (C=O) groups is 2. The van der Waals surface area contributed by atoms with Gasteiger partial charge in [-0.25, -0.2) is 4.79 Å². The van der Waals surface area contributed by atoms with Crippen LogP contribution in [0.5, 0.6) is 0 Å². The van der Waals surface area contributed by atoms with Crippen LogP contribution in [0.3, 0.4) is 0 Å². The van der Waals surface area contributed by atoms with Crippen LogP contribution in [-0.2, 0) is 4.74 Å². The van der Waals surface area contributed by atoms with Crippen molar-refractivity contribution in [1.29, 1.82) is 0 Å². The zero-order valence-electron chi connectivity index (χ0n) is 19.8. The van der Waals surface area contributed by atoms with Crippen LogP contribution in [0.2, 0.25) is 0 Å². The maximum absolute atomic E-state index is 12.8. The molecule has 0 atom stereocenters. The molecule has 0 unspecified atom stereocenters. The highest BCUT2D eigenvalue weighted by Crippen LogP contribution is 2.29. The minimum absolute atomic E-state index is 0.152. The number of likely N-dealkylation sites (N-methyl/N-ethyl adjacent to an activating group) is 1. The maximum atomic E-state index is 12.8. The number of anilines is 2. The predicted molar refractivity (Wildman–Crippen MR) is 143 cm³/mol. The average Bonchev–Trinajstić information content (AvgIpc) is 2.89. The van der Waals surface area contributed by atoms with E-state index >= 15 is 0 Å². The molecule has 3 aromatic rings. The van der Waals surface area contributed by atoms with Gasteiger partial charge < -0.3 is 19.9 Å². The number of benzene rings is 3. The fourth-order valence-corrected chi connectivity index (χ4v) is 4.18. The summed E-state index contributed by atoms with van der Waals surface area (Å²) in [6, 6.07) is 22.6. The molecule has 0 aliphatic carbocycles. The minimum atomic E-state index is -0.438. The molecule has 35 heavy (non-hydrogen) atoms. The number of nitrogens with one attached hydrogen (secondary N) is 2. The van der Waals surface area contributed by atoms with E-state index in [4.69, 9.17) is 17.0 Å². The molecule has 0 bridgehead atoms. The standard InChI is InChI=1S/C27H28N4O3S/c1-30-14-16-31(17-15-30)24-13-12-22(26(33)34-2)18-23(24)28-27(35)29-25(32)21-10-8-20(9-11-21)19-6-4-3-5-7-19/h3-13,18H,14-17H2,1-2H3,(H2,28,29,32,35). The van der Waals surface area contributed by atoms with E-state index in [1.54, 1.807) is 24.3 Å². The number of ether oxygens (including phenoxy) is 1. The van der Waals surface area contributed by atoms with Gasteiger partial charge in [0.15, 0.2) is 5.11 Å². The van der Waals surface area contributed by atoms with Gasteiger partial charge in [0.2, 0.25) is 0 Å². The normalized spacial score (nSPS) is 13.7. The van der Waals surface area contributed by atoms with Crippen molar-refractivity contribution >= 4 is 40.6 Å². The molecule has 1 heterocycles. The first-order valence-electron chi connectivity index (χ1n) is 11.4. The third-order valence-electron chi connectivity index (χ3n) is 5.99. The molecule has 1 fully saturated rings. The number of piperazine rings is 1. The summed E-state index contributed by atoms with van der Waals surface area (Å²) in [5.41, 5.74) is 4.56. The van der Waals surface area contributed by atoms with E-state index in [2.05, 4.69) is 27.5 Å². The molecule has 1 aliphatic heterocycles. The van der Waals surface area contributed by atoms with Gasteiger partial charge in [0.25, 0.3) is 5.91 Å². The Balaban J connectivity index is 1.48. The number of methoxy groups -OCH3 is 1. The van der Waals surface area contributed by atoms with Gasteiger partial charge in [0.1, 0.15) is 0 Å². The van der Waals surface area contributed by atoms with Crippen LogP contribution in [0.4, 0.5) is 11.4 Å². The predicted octanol–water partition coefficient (Wildman–Crippen LogP) is 4.02. The summed E-state index contributed by atoms with van der Waals surface area (Å²) in [7, 11) is 3.44. The first kappa shape index (κ1) is 24.4. The fourth-order valence-electron chi connectivity index (χ4n) is 3.98. The van der Waals surface area contributed by atoms with Gasteiger partial charge in [-0.15, -0.1) is 0 Å². The van der Waals surface area contributed by atoms with Crippen molar-refractivity contribution < 1.29 is 14.3 Å². The lowest BCUT2D eigenvalue weighted by Gasteiger charge is -2.35. The van der Waals surface area contributed by atoms with Gasteiger partial charge in [-0.3, -0.25) is 10.1 Å². The molecule has 0 aromatic heterocycles. The molecule has 180 valence electrons. The maximum Gasteiger partial charge on any atom is 0.337 e. The summed E-state index contributed by atoms with van der Waals surface area (Å²) >= 11 is 5.45. The molecule has 1 amide bonds. The Bertz CT molecular complexity index is 1210. The van der Waals surface area contributed by atoms with Gasteiger partial charge in [-0.05, 0) is 60.7 Å². The van der Waals surface area contributed by atoms with Gasteiger partial charge >= 0.3 is 5.97 Å². The minimum Gasteiger partial charge on any atom is -0.465 e. The number of hydrogen-bond donors (Lipinski definition) is 2. The summed E-state index contributed by atoms with van der Waals surface area (Å²) in [6.07, 6.45) is 0. The van der Waals surface area contributed by atoms with Crippen LogP contribution in [0.15, 0.2) is 72.8 Å². The van der Waals surface area contributed by atoms with Crippen LogP contribution in [0.25, 0.3) is 11.1 Å². The van der Waals surface area contributed by atoms with Crippen molar-refractivity contribution in [2.75, 3.05) is 50.6 Å². The quantitative estimate of drug-likeness (QED) is 0.415. The topological polar surface area (TPSA) is 73.9 Å². The lowest BCUT2D eigenvalue weighted by molar-refractivity contribution is 0.0600. The SMILES string of the molecule is COC(=O)c1ccc(N2CCN(C)CC2)c(NC(=S)NC(=O)c2ccc(-c3ccccc3)cc2)c1. The van der Waals surface area contributed by atoms with E-state index in [0.29, 0.717) is 16.8 Å². The molecule has 2 N–H and O–H groups in total. The summed E-state index contributed by atoms with van der Waals surface area (Å²) in [4.78, 5) is 29.4. The van der Waals surface area contributed by atoms with Gasteiger partial charge in [0, 0.05) is 31.7 Å². The third-order valence-corrected chi connectivity index (χ3v) is 6.20. The highest BCUT2D eigenvalue weighted by molar-refractivity contribution is 7.80. The molecule has 4 rings (SSSR count). The molecule has 1 aliphatic rings. The Kier molecular flexibility index (Phi) is 7.74. The van der Waals surface area contributed by atoms with Crippen LogP contribution in [-0.4, -0.2) is 62.2 Å². The second kappa shape index (κ2) is 11.1. The van der Waals surface area contributed by atoms with E-state index in [1.807, 2.05) is 48.5 Å². The van der Waals surface area contributed by atoms with E-state index in [-0.39, 0.29) is 11.0 Å². The van der Waals surface area contributed by atoms with Gasteiger partial charge in [-0.2, -0.15) is 0 Å². The highest BCUT2D eigenvalue weighted by atomic mass is 32.1. The number of carbonyl (C=O) groups excluding carboxylic acids is 2. The third kappa shape index (κ3) is 6.03. The van der Waals surface area contributed by atoms with Crippen LogP contribution < -0.4 is 15.5 Å². The van der Waals surface area contributed by atoms with Crippen molar-refractivity contribution in [3.8, 4) is 11.1 Å². The van der Waals surface area contributed by atoms with E-state index in [1.165, 1.54) is 7.11 Å². The average molecular weight is 489 g/mol. The smallest absolute Gasteiger partial charge is 0.337 e. The lowest BCUT2D eigenvalue weighted by atomic mass is 10.0. The lowest BCUT2D eigenvalue weighted by Crippen LogP contribution is -2.45. The van der Waals surface area contributed by atoms with Crippen molar-refractivity contribution in [3.63, 3.8) is 0 Å². The van der Waals surface area contributed by atoms with E-state index in [0.717, 1.165) is 43.0 Å². The van der Waals surface area contributed by atoms with Gasteiger partial charge in [0.05, 0.1) is 24.0 Å². The molecule has 0 spiro atoms. The Morgan fingerprint density at radius 3 is 2.14 bits per heavy atom. The molecule has 0 saturated carbocycles. The second-order valence-electron chi connectivity index (χ2n) is 8.37. The highest BCUT2D eigenvalue weighted by Gasteiger charge is 2.20. The number of thiocarbonyl (C=S) groups is 1. The molecule has 7 nitrogen and oxygen atoms in total. The largest absolute Gasteiger partial charge is 0.465 e. The number of rotatable bonds is 5. The molecular weight excluding hydrogens is 460 g/mol. The number of hydrogen-bond acceptors (Lipinski definition) is 6. The monoisotopic (exact) mass is 488 g/mol. The Hall–Kier alpha value is -3.75. The number of nitrogens with zero attached hydrogens (tertiary/aromatic N) is 2. The van der Waals surface area contributed by atoms with Crippen molar-refractivity contribution in [2.45, 2.75) is 0 Å².